The van der Waals surface area contributed by atoms with Crippen molar-refractivity contribution in [1.82, 2.24) is 4.98 Å². The molecule has 0 aliphatic heterocycles. The standard InChI is InChI=1S/C3HClFNS/c4-2-3(5)7-1-6-2/h1H. The van der Waals surface area contributed by atoms with Crippen LogP contribution in [-0.4, -0.2) is 4.98 Å². The molecule has 1 heterocycles. The zero-order valence-corrected chi connectivity index (χ0v) is 4.76. The average molecular weight is 138 g/mol. The second-order valence-corrected chi connectivity index (χ2v) is 2.08. The second-order valence-electron chi connectivity index (χ2n) is 0.917. The molecule has 0 saturated carbocycles. The van der Waals surface area contributed by atoms with Gasteiger partial charge in [0.25, 0.3) is 0 Å². The van der Waals surface area contributed by atoms with Crippen molar-refractivity contribution < 1.29 is 4.39 Å². The van der Waals surface area contributed by atoms with Gasteiger partial charge in [0.2, 0.25) is 5.13 Å². The van der Waals surface area contributed by atoms with Crippen molar-refractivity contribution in [3.63, 3.8) is 0 Å². The van der Waals surface area contributed by atoms with Crippen molar-refractivity contribution in [3.8, 4) is 0 Å². The highest BCUT2D eigenvalue weighted by Crippen LogP contribution is 2.14. The molecule has 38 valence electrons. The fourth-order valence-electron chi connectivity index (χ4n) is 0.218. The molecular weight excluding hydrogens is 137 g/mol. The van der Waals surface area contributed by atoms with Crippen LogP contribution in [0.4, 0.5) is 4.39 Å². The topological polar surface area (TPSA) is 12.9 Å². The van der Waals surface area contributed by atoms with Gasteiger partial charge < -0.3 is 0 Å². The lowest BCUT2D eigenvalue weighted by Gasteiger charge is -1.69. The van der Waals surface area contributed by atoms with Crippen molar-refractivity contribution in [2.24, 2.45) is 0 Å². The summed E-state index contributed by atoms with van der Waals surface area (Å²) in [4.78, 5) is 3.43. The van der Waals surface area contributed by atoms with Crippen molar-refractivity contribution in [2.75, 3.05) is 0 Å². The number of hydrogen-bond donors (Lipinski definition) is 0. The molecule has 0 aliphatic carbocycles. The lowest BCUT2D eigenvalue weighted by atomic mass is 11.0. The van der Waals surface area contributed by atoms with Gasteiger partial charge in [-0.3, -0.25) is 0 Å². The zero-order chi connectivity index (χ0) is 5.28. The molecule has 1 nitrogen and oxygen atoms in total. The summed E-state index contributed by atoms with van der Waals surface area (Å²) in [5, 5.41) is -0.452. The van der Waals surface area contributed by atoms with E-state index in [9.17, 15) is 4.39 Å². The number of halogens is 2. The summed E-state index contributed by atoms with van der Waals surface area (Å²) in [6.07, 6.45) is 0. The van der Waals surface area contributed by atoms with Gasteiger partial charge in [0.1, 0.15) is 0 Å². The van der Waals surface area contributed by atoms with E-state index < -0.39 is 5.13 Å². The van der Waals surface area contributed by atoms with Crippen molar-refractivity contribution in [3.05, 3.63) is 15.8 Å². The fourth-order valence-corrected chi connectivity index (χ4v) is 0.859. The quantitative estimate of drug-likeness (QED) is 0.533. The molecule has 0 amide bonds. The predicted molar refractivity (Wildman–Crippen MR) is 27.1 cm³/mol. The van der Waals surface area contributed by atoms with Crippen LogP contribution < -0.4 is 0 Å². The molecule has 0 atom stereocenters. The van der Waals surface area contributed by atoms with E-state index in [0.29, 0.717) is 0 Å². The van der Waals surface area contributed by atoms with Crippen molar-refractivity contribution in [1.29, 1.82) is 0 Å². The summed E-state index contributed by atoms with van der Waals surface area (Å²) in [7, 11) is 0. The Morgan fingerprint density at radius 1 is 1.86 bits per heavy atom. The van der Waals surface area contributed by atoms with Gasteiger partial charge in [0.15, 0.2) is 5.15 Å². The molecule has 0 unspecified atom stereocenters. The summed E-state index contributed by atoms with van der Waals surface area (Å²) >= 11 is 6.04. The van der Waals surface area contributed by atoms with Crippen LogP contribution in [0.5, 0.6) is 0 Å². The second kappa shape index (κ2) is 1.76. The number of nitrogens with zero attached hydrogens (tertiary/aromatic N) is 1. The van der Waals surface area contributed by atoms with Crippen LogP contribution in [0.3, 0.4) is 0 Å². The highest BCUT2D eigenvalue weighted by Gasteiger charge is 1.97. The van der Waals surface area contributed by atoms with Gasteiger partial charge in [-0.25, -0.2) is 4.98 Å². The van der Waals surface area contributed by atoms with Crippen molar-refractivity contribution >= 4 is 22.9 Å². The maximum Gasteiger partial charge on any atom is 0.215 e. The molecule has 1 aromatic rings. The van der Waals surface area contributed by atoms with E-state index in [2.05, 4.69) is 4.98 Å². The van der Waals surface area contributed by atoms with Crippen LogP contribution in [0.1, 0.15) is 0 Å². The lowest BCUT2D eigenvalue weighted by Crippen LogP contribution is -1.60. The monoisotopic (exact) mass is 137 g/mol. The highest BCUT2D eigenvalue weighted by molar-refractivity contribution is 7.08. The maximum absolute atomic E-state index is 11.9. The van der Waals surface area contributed by atoms with Gasteiger partial charge in [-0.05, 0) is 0 Å². The molecular formula is C3HClFNS. The number of hydrogen-bond acceptors (Lipinski definition) is 2. The Kier molecular flexibility index (Phi) is 1.25. The minimum Gasteiger partial charge on any atom is -0.230 e. The highest BCUT2D eigenvalue weighted by atomic mass is 35.5. The SMILES string of the molecule is Fc1scnc1Cl. The first-order valence-corrected chi connectivity index (χ1v) is 2.81. The molecule has 7 heavy (non-hydrogen) atoms. The normalized spacial score (nSPS) is 9.43. The number of rotatable bonds is 0. The van der Waals surface area contributed by atoms with Gasteiger partial charge in [0.05, 0.1) is 5.51 Å². The summed E-state index contributed by atoms with van der Waals surface area (Å²) in [6, 6.07) is 0. The van der Waals surface area contributed by atoms with Crippen molar-refractivity contribution in [2.45, 2.75) is 0 Å². The molecule has 0 fully saturated rings. The molecule has 1 rings (SSSR count). The van der Waals surface area contributed by atoms with E-state index in [-0.39, 0.29) is 5.15 Å². The molecule has 0 radical (unpaired) electrons. The summed E-state index contributed by atoms with van der Waals surface area (Å²) < 4.78 is 11.9. The zero-order valence-electron chi connectivity index (χ0n) is 3.19. The number of aromatic nitrogens is 1. The minimum absolute atomic E-state index is 0.0370. The Labute approximate surface area is 48.8 Å². The first kappa shape index (κ1) is 5.00. The smallest absolute Gasteiger partial charge is 0.215 e. The van der Waals surface area contributed by atoms with Crippen LogP contribution in [0.15, 0.2) is 5.51 Å². The third-order valence-corrected chi connectivity index (χ3v) is 1.47. The van der Waals surface area contributed by atoms with Crippen LogP contribution in [0.25, 0.3) is 0 Å². The van der Waals surface area contributed by atoms with Gasteiger partial charge in [-0.15, -0.1) is 0 Å². The van der Waals surface area contributed by atoms with Crippen LogP contribution in [-0.2, 0) is 0 Å². The van der Waals surface area contributed by atoms with E-state index in [1.54, 1.807) is 0 Å². The molecule has 0 spiro atoms. The van der Waals surface area contributed by atoms with Gasteiger partial charge in [0, 0.05) is 0 Å². The average Bonchev–Trinajstić information content (AvgIpc) is 1.91. The first-order valence-electron chi connectivity index (χ1n) is 1.55. The third kappa shape index (κ3) is 0.894. The maximum atomic E-state index is 11.9. The van der Waals surface area contributed by atoms with Crippen LogP contribution >= 0.6 is 22.9 Å². The third-order valence-electron chi connectivity index (χ3n) is 0.484. The molecule has 4 heteroatoms. The Morgan fingerprint density at radius 3 is 2.71 bits per heavy atom. The van der Waals surface area contributed by atoms with Gasteiger partial charge in [-0.2, -0.15) is 4.39 Å². The summed E-state index contributed by atoms with van der Waals surface area (Å²) in [6.45, 7) is 0. The van der Waals surface area contributed by atoms with Crippen LogP contribution in [0.2, 0.25) is 5.15 Å². The summed E-state index contributed by atoms with van der Waals surface area (Å²) in [5.74, 6) is 0. The Morgan fingerprint density at radius 2 is 2.57 bits per heavy atom. The molecule has 0 aromatic carbocycles. The Bertz CT molecular complexity index is 147. The van der Waals surface area contributed by atoms with Gasteiger partial charge in [-0.1, -0.05) is 22.9 Å². The predicted octanol–water partition coefficient (Wildman–Crippen LogP) is 1.94. The Hall–Kier alpha value is -0.150. The largest absolute Gasteiger partial charge is 0.230 e. The van der Waals surface area contributed by atoms with E-state index in [4.69, 9.17) is 11.6 Å². The van der Waals surface area contributed by atoms with E-state index in [1.165, 1.54) is 5.51 Å². The molecule has 0 saturated heterocycles. The number of thiazole rings is 1. The van der Waals surface area contributed by atoms with E-state index in [0.717, 1.165) is 11.3 Å². The molecule has 1 aromatic heterocycles. The Balaban J connectivity index is 3.12. The van der Waals surface area contributed by atoms with Crippen LogP contribution in [0, 0.1) is 5.13 Å². The molecule has 0 N–H and O–H groups in total. The first-order chi connectivity index (χ1) is 3.30. The lowest BCUT2D eigenvalue weighted by molar-refractivity contribution is 0.654. The van der Waals surface area contributed by atoms with E-state index in [1.807, 2.05) is 0 Å². The minimum atomic E-state index is -0.415. The molecule has 0 bridgehead atoms. The molecule has 0 aliphatic rings. The van der Waals surface area contributed by atoms with Gasteiger partial charge >= 0.3 is 0 Å². The summed E-state index contributed by atoms with van der Waals surface area (Å²) in [5.41, 5.74) is 1.36. The van der Waals surface area contributed by atoms with E-state index >= 15 is 0 Å². The fraction of sp³-hybridized carbons (Fsp3) is 0.